The van der Waals surface area contributed by atoms with Gasteiger partial charge in [-0.25, -0.2) is 0 Å². The number of rotatable bonds is 6. The molecule has 0 aliphatic carbocycles. The van der Waals surface area contributed by atoms with Gasteiger partial charge in [0.05, 0.1) is 18.8 Å². The number of amides is 1. The third-order valence-electron chi connectivity index (χ3n) is 6.79. The van der Waals surface area contributed by atoms with Gasteiger partial charge in [0.25, 0.3) is 0 Å². The summed E-state index contributed by atoms with van der Waals surface area (Å²) in [5, 5.41) is 14.4. The first-order valence-electron chi connectivity index (χ1n) is 11.0. The molecule has 5 rings (SSSR count). The van der Waals surface area contributed by atoms with Crippen LogP contribution in [0.5, 0.6) is 0 Å². The molecule has 3 aromatic rings. The minimum Gasteiger partial charge on any atom is -0.466 e. The Balaban J connectivity index is 1.30. The van der Waals surface area contributed by atoms with Crippen molar-refractivity contribution in [2.75, 3.05) is 6.54 Å². The Hall–Kier alpha value is -2.89. The van der Waals surface area contributed by atoms with E-state index in [9.17, 15) is 9.90 Å². The Morgan fingerprint density at radius 3 is 2.06 bits per heavy atom. The smallest absolute Gasteiger partial charge is 0.234 e. The molecule has 2 aliphatic heterocycles. The Labute approximate surface area is 182 Å². The van der Waals surface area contributed by atoms with Gasteiger partial charge >= 0.3 is 0 Å². The number of nitrogens with one attached hydrogen (secondary N) is 1. The largest absolute Gasteiger partial charge is 0.466 e. The van der Waals surface area contributed by atoms with E-state index < -0.39 is 5.60 Å². The van der Waals surface area contributed by atoms with E-state index in [0.717, 1.165) is 24.0 Å². The quantitative estimate of drug-likeness (QED) is 0.638. The third-order valence-corrected chi connectivity index (χ3v) is 6.79. The molecule has 0 saturated carbocycles. The van der Waals surface area contributed by atoms with Crippen LogP contribution in [-0.2, 0) is 10.4 Å². The second-order valence-electron chi connectivity index (χ2n) is 8.80. The summed E-state index contributed by atoms with van der Waals surface area (Å²) in [6, 6.07) is 24.0. The number of fused-ring (bicyclic) bond motifs is 2. The first-order chi connectivity index (χ1) is 15.1. The fourth-order valence-corrected chi connectivity index (χ4v) is 5.34. The summed E-state index contributed by atoms with van der Waals surface area (Å²) in [5.74, 6) is 0.653. The van der Waals surface area contributed by atoms with Gasteiger partial charge < -0.3 is 14.8 Å². The number of carbonyl (C=O) groups is 1. The average Bonchev–Trinajstić information content (AvgIpc) is 3.42. The van der Waals surface area contributed by atoms with Crippen LogP contribution in [0.1, 0.15) is 48.6 Å². The van der Waals surface area contributed by atoms with E-state index in [4.69, 9.17) is 4.42 Å². The van der Waals surface area contributed by atoms with Crippen molar-refractivity contribution in [3.63, 3.8) is 0 Å². The highest BCUT2D eigenvalue weighted by Crippen LogP contribution is 2.45. The molecule has 160 valence electrons. The van der Waals surface area contributed by atoms with E-state index in [-0.39, 0.29) is 24.0 Å². The number of carbonyl (C=O) groups excluding carboxylic acids is 1. The number of hydrogen-bond acceptors (Lipinski definition) is 4. The maximum Gasteiger partial charge on any atom is 0.234 e. The molecular formula is C26H28N2O3. The molecule has 2 bridgehead atoms. The van der Waals surface area contributed by atoms with Crippen LogP contribution >= 0.6 is 0 Å². The fourth-order valence-electron chi connectivity index (χ4n) is 5.34. The molecule has 2 aliphatic rings. The van der Waals surface area contributed by atoms with E-state index >= 15 is 0 Å². The Morgan fingerprint density at radius 1 is 0.968 bits per heavy atom. The van der Waals surface area contributed by atoms with Gasteiger partial charge in [-0.1, -0.05) is 60.7 Å². The fraction of sp³-hybridized carbons (Fsp3) is 0.346. The van der Waals surface area contributed by atoms with E-state index in [2.05, 4.69) is 10.2 Å². The standard InChI is InChI=1S/C26H28N2O3/c29-24(27-25(19-8-3-1-4-9-19)20-10-5-2-6-11-20)18-28-21-13-14-22(28)17-26(30,16-21)23-12-7-15-31-23/h1-12,15,21-22,25,30H,13-14,16-18H2,(H,27,29)/t21-,22-/m1/s1. The second kappa shape index (κ2) is 8.33. The molecule has 2 aromatic carbocycles. The van der Waals surface area contributed by atoms with Gasteiger partial charge in [0.15, 0.2) is 0 Å². The molecule has 0 radical (unpaired) electrons. The van der Waals surface area contributed by atoms with Gasteiger partial charge in [0.1, 0.15) is 11.4 Å². The number of piperidine rings is 1. The number of benzene rings is 2. The highest BCUT2D eigenvalue weighted by atomic mass is 16.4. The lowest BCUT2D eigenvalue weighted by atomic mass is 9.84. The number of furan rings is 1. The number of hydrogen-bond donors (Lipinski definition) is 2. The normalized spacial score (nSPS) is 25.6. The first kappa shape index (κ1) is 20.0. The summed E-state index contributed by atoms with van der Waals surface area (Å²) >= 11 is 0. The third kappa shape index (κ3) is 4.03. The zero-order valence-corrected chi connectivity index (χ0v) is 17.5. The maximum absolute atomic E-state index is 13.1. The topological polar surface area (TPSA) is 65.7 Å². The van der Waals surface area contributed by atoms with Gasteiger partial charge in [-0.15, -0.1) is 0 Å². The predicted molar refractivity (Wildman–Crippen MR) is 118 cm³/mol. The average molecular weight is 417 g/mol. The zero-order chi connectivity index (χ0) is 21.3. The summed E-state index contributed by atoms with van der Waals surface area (Å²) in [7, 11) is 0. The van der Waals surface area contributed by atoms with Crippen molar-refractivity contribution < 1.29 is 14.3 Å². The van der Waals surface area contributed by atoms with Crippen LogP contribution in [0, 0.1) is 0 Å². The summed E-state index contributed by atoms with van der Waals surface area (Å²) in [4.78, 5) is 15.4. The molecule has 0 unspecified atom stereocenters. The molecule has 3 heterocycles. The minimum atomic E-state index is -0.932. The van der Waals surface area contributed by atoms with Gasteiger partial charge in [-0.2, -0.15) is 0 Å². The highest BCUT2D eigenvalue weighted by molar-refractivity contribution is 5.79. The molecule has 5 heteroatoms. The molecule has 31 heavy (non-hydrogen) atoms. The molecule has 2 atom stereocenters. The van der Waals surface area contributed by atoms with Crippen LogP contribution in [0.4, 0.5) is 0 Å². The van der Waals surface area contributed by atoms with E-state index in [1.54, 1.807) is 6.26 Å². The van der Waals surface area contributed by atoms with Crippen molar-refractivity contribution in [3.05, 3.63) is 95.9 Å². The monoisotopic (exact) mass is 416 g/mol. The molecule has 2 saturated heterocycles. The molecule has 1 aromatic heterocycles. The summed E-state index contributed by atoms with van der Waals surface area (Å²) in [5.41, 5.74) is 1.20. The van der Waals surface area contributed by atoms with Crippen molar-refractivity contribution in [1.29, 1.82) is 0 Å². The van der Waals surface area contributed by atoms with Crippen molar-refractivity contribution in [1.82, 2.24) is 10.2 Å². The first-order valence-corrected chi connectivity index (χ1v) is 11.0. The Morgan fingerprint density at radius 2 is 1.55 bits per heavy atom. The van der Waals surface area contributed by atoms with Gasteiger partial charge in [-0.05, 0) is 48.9 Å². The molecule has 0 spiro atoms. The van der Waals surface area contributed by atoms with E-state index in [1.165, 1.54) is 0 Å². The summed E-state index contributed by atoms with van der Waals surface area (Å²) in [6.45, 7) is 0.347. The lowest BCUT2D eigenvalue weighted by molar-refractivity contribution is -0.127. The lowest BCUT2D eigenvalue weighted by Gasteiger charge is -2.42. The van der Waals surface area contributed by atoms with Crippen LogP contribution in [0.25, 0.3) is 0 Å². The van der Waals surface area contributed by atoms with E-state index in [1.807, 2.05) is 72.8 Å². The molecule has 1 amide bonds. The van der Waals surface area contributed by atoms with Crippen LogP contribution in [0.15, 0.2) is 83.5 Å². The summed E-state index contributed by atoms with van der Waals surface area (Å²) < 4.78 is 5.52. The zero-order valence-electron chi connectivity index (χ0n) is 17.5. The molecule has 5 nitrogen and oxygen atoms in total. The van der Waals surface area contributed by atoms with Crippen LogP contribution < -0.4 is 5.32 Å². The lowest BCUT2D eigenvalue weighted by Crippen LogP contribution is -2.52. The summed E-state index contributed by atoms with van der Waals surface area (Å²) in [6.07, 6.45) is 4.82. The second-order valence-corrected chi connectivity index (χ2v) is 8.80. The van der Waals surface area contributed by atoms with Crippen molar-refractivity contribution in [2.24, 2.45) is 0 Å². The van der Waals surface area contributed by atoms with Crippen molar-refractivity contribution in [2.45, 2.75) is 49.4 Å². The van der Waals surface area contributed by atoms with Gasteiger partial charge in [0, 0.05) is 12.1 Å². The van der Waals surface area contributed by atoms with E-state index in [0.29, 0.717) is 25.1 Å². The minimum absolute atomic E-state index is 0.0121. The maximum atomic E-state index is 13.1. The molecule has 2 fully saturated rings. The van der Waals surface area contributed by atoms with Gasteiger partial charge in [-0.3, -0.25) is 9.69 Å². The predicted octanol–water partition coefficient (Wildman–Crippen LogP) is 4.00. The SMILES string of the molecule is O=C(CN1[C@@H]2CC[C@@H]1CC(O)(c1ccco1)C2)NC(c1ccccc1)c1ccccc1. The Kier molecular flexibility index (Phi) is 5.38. The number of aliphatic hydroxyl groups is 1. The van der Waals surface area contributed by atoms with Crippen LogP contribution in [0.3, 0.4) is 0 Å². The van der Waals surface area contributed by atoms with Crippen molar-refractivity contribution in [3.8, 4) is 0 Å². The highest BCUT2D eigenvalue weighted by Gasteiger charge is 2.50. The van der Waals surface area contributed by atoms with Crippen LogP contribution in [-0.4, -0.2) is 34.5 Å². The number of nitrogens with zero attached hydrogens (tertiary/aromatic N) is 1. The Bertz CT molecular complexity index is 950. The molecular weight excluding hydrogens is 388 g/mol. The van der Waals surface area contributed by atoms with Gasteiger partial charge in [0.2, 0.25) is 5.91 Å². The van der Waals surface area contributed by atoms with Crippen molar-refractivity contribution >= 4 is 5.91 Å². The molecule has 2 N–H and O–H groups in total. The van der Waals surface area contributed by atoms with Crippen LogP contribution in [0.2, 0.25) is 0 Å².